The van der Waals surface area contributed by atoms with Crippen molar-refractivity contribution in [3.63, 3.8) is 0 Å². The van der Waals surface area contributed by atoms with E-state index >= 15 is 0 Å². The zero-order valence-electron chi connectivity index (χ0n) is 19.4. The van der Waals surface area contributed by atoms with E-state index in [0.29, 0.717) is 0 Å². The fourth-order valence-corrected chi connectivity index (χ4v) is 4.69. The van der Waals surface area contributed by atoms with Gasteiger partial charge in [0, 0.05) is 56.2 Å². The first-order valence-corrected chi connectivity index (χ1v) is 11.6. The number of aryl methyl sites for hydroxylation is 1. The normalized spacial score (nSPS) is 16.5. The van der Waals surface area contributed by atoms with E-state index in [0.717, 1.165) is 54.5 Å². The van der Waals surface area contributed by atoms with E-state index in [1.807, 2.05) is 51.9 Å². The quantitative estimate of drug-likeness (QED) is 0.407. The minimum Gasteiger partial charge on any atom is -0.365 e. The van der Waals surface area contributed by atoms with Gasteiger partial charge in [-0.25, -0.2) is 14.2 Å². The predicted octanol–water partition coefficient (Wildman–Crippen LogP) is 3.09. The third-order valence-electron chi connectivity index (χ3n) is 6.47. The van der Waals surface area contributed by atoms with Crippen LogP contribution in [-0.4, -0.2) is 59.8 Å². The van der Waals surface area contributed by atoms with Gasteiger partial charge in [-0.15, -0.1) is 5.10 Å². The lowest BCUT2D eigenvalue weighted by molar-refractivity contribution is 0.538. The largest absolute Gasteiger partial charge is 0.365 e. The first kappa shape index (κ1) is 20.5. The van der Waals surface area contributed by atoms with Gasteiger partial charge in [0.15, 0.2) is 0 Å². The monoisotopic (exact) mass is 453 g/mol. The molecular formula is C25H27N9. The molecule has 9 heteroatoms. The van der Waals surface area contributed by atoms with Crippen molar-refractivity contribution in [2.24, 2.45) is 7.05 Å². The van der Waals surface area contributed by atoms with Crippen LogP contribution in [0.3, 0.4) is 0 Å². The van der Waals surface area contributed by atoms with Crippen molar-refractivity contribution in [3.8, 4) is 11.1 Å². The Labute approximate surface area is 197 Å². The SMILES string of the molecule is CC1CN(c2cnn3cc(-c4cnn(C)c4)ccc23)CCN1c1ncn(Cc2ccccc2)n1. The molecule has 1 saturated heterocycles. The van der Waals surface area contributed by atoms with E-state index in [1.165, 1.54) is 5.56 Å². The molecule has 1 fully saturated rings. The van der Waals surface area contributed by atoms with Crippen LogP contribution in [0.4, 0.5) is 11.6 Å². The van der Waals surface area contributed by atoms with Gasteiger partial charge >= 0.3 is 0 Å². The highest BCUT2D eigenvalue weighted by molar-refractivity contribution is 5.75. The number of piperazine rings is 1. The Hall–Kier alpha value is -4.14. The Morgan fingerprint density at radius 1 is 0.941 bits per heavy atom. The highest BCUT2D eigenvalue weighted by Crippen LogP contribution is 2.28. The van der Waals surface area contributed by atoms with Gasteiger partial charge < -0.3 is 9.80 Å². The molecule has 0 spiro atoms. The third-order valence-corrected chi connectivity index (χ3v) is 6.47. The molecule has 1 aromatic carbocycles. The lowest BCUT2D eigenvalue weighted by Gasteiger charge is -2.40. The Morgan fingerprint density at radius 2 is 1.82 bits per heavy atom. The van der Waals surface area contributed by atoms with Crippen LogP contribution in [0.15, 0.2) is 73.6 Å². The van der Waals surface area contributed by atoms with Crippen LogP contribution in [0.2, 0.25) is 0 Å². The number of rotatable bonds is 5. The first-order chi connectivity index (χ1) is 16.6. The molecule has 5 heterocycles. The van der Waals surface area contributed by atoms with Crippen LogP contribution in [0.5, 0.6) is 0 Å². The van der Waals surface area contributed by atoms with E-state index in [2.05, 4.69) is 74.5 Å². The minimum absolute atomic E-state index is 0.283. The molecule has 4 aromatic heterocycles. The summed E-state index contributed by atoms with van der Waals surface area (Å²) in [5.41, 5.74) is 5.68. The molecule has 172 valence electrons. The van der Waals surface area contributed by atoms with Gasteiger partial charge in [-0.05, 0) is 18.6 Å². The fourth-order valence-electron chi connectivity index (χ4n) is 4.69. The number of hydrogen-bond donors (Lipinski definition) is 0. The van der Waals surface area contributed by atoms with Crippen molar-refractivity contribution >= 4 is 17.2 Å². The number of pyridine rings is 1. The standard InChI is InChI=1S/C25H27N9/c1-19-14-31(10-11-33(19)25-26-18-32(29-25)15-20-6-4-3-5-7-20)24-13-28-34-17-21(8-9-23(24)34)22-12-27-30(2)16-22/h3-9,12-13,16-19H,10-11,14-15H2,1-2H3. The summed E-state index contributed by atoms with van der Waals surface area (Å²) in [4.78, 5) is 9.31. The molecule has 1 atom stereocenters. The molecule has 5 aromatic rings. The molecule has 9 nitrogen and oxygen atoms in total. The Bertz CT molecular complexity index is 1410. The van der Waals surface area contributed by atoms with Crippen LogP contribution >= 0.6 is 0 Å². The summed E-state index contributed by atoms with van der Waals surface area (Å²) in [7, 11) is 1.93. The average Bonchev–Trinajstić information content (AvgIpc) is 3.59. The first-order valence-electron chi connectivity index (χ1n) is 11.6. The zero-order chi connectivity index (χ0) is 23.1. The Balaban J connectivity index is 1.17. The molecule has 0 N–H and O–H groups in total. The molecular weight excluding hydrogens is 426 g/mol. The van der Waals surface area contributed by atoms with Gasteiger partial charge in [-0.3, -0.25) is 4.68 Å². The summed E-state index contributed by atoms with van der Waals surface area (Å²) in [6, 6.07) is 14.9. The predicted molar refractivity (Wildman–Crippen MR) is 132 cm³/mol. The van der Waals surface area contributed by atoms with E-state index < -0.39 is 0 Å². The van der Waals surface area contributed by atoms with Gasteiger partial charge in [0.05, 0.1) is 30.1 Å². The van der Waals surface area contributed by atoms with Crippen LogP contribution < -0.4 is 9.80 Å². The molecule has 1 aliphatic rings. The molecule has 6 rings (SSSR count). The number of aromatic nitrogens is 7. The molecule has 0 aliphatic carbocycles. The summed E-state index contributed by atoms with van der Waals surface area (Å²) >= 11 is 0. The van der Waals surface area contributed by atoms with E-state index in [-0.39, 0.29) is 6.04 Å². The molecule has 0 amide bonds. The van der Waals surface area contributed by atoms with Crippen molar-refractivity contribution in [2.45, 2.75) is 19.5 Å². The minimum atomic E-state index is 0.283. The fraction of sp³-hybridized carbons (Fsp3) is 0.280. The highest BCUT2D eigenvalue weighted by atomic mass is 15.4. The van der Waals surface area contributed by atoms with Gasteiger partial charge in [0.1, 0.15) is 6.33 Å². The maximum absolute atomic E-state index is 4.75. The van der Waals surface area contributed by atoms with Gasteiger partial charge in [-0.1, -0.05) is 36.4 Å². The smallest absolute Gasteiger partial charge is 0.245 e. The second kappa shape index (κ2) is 8.33. The van der Waals surface area contributed by atoms with E-state index in [1.54, 1.807) is 0 Å². The molecule has 0 radical (unpaired) electrons. The van der Waals surface area contributed by atoms with Crippen LogP contribution in [-0.2, 0) is 13.6 Å². The van der Waals surface area contributed by atoms with E-state index in [4.69, 9.17) is 5.10 Å². The Morgan fingerprint density at radius 3 is 2.62 bits per heavy atom. The Kier molecular flexibility index (Phi) is 5.01. The maximum Gasteiger partial charge on any atom is 0.245 e. The lowest BCUT2D eigenvalue weighted by atomic mass is 10.1. The number of benzene rings is 1. The van der Waals surface area contributed by atoms with Crippen LogP contribution in [0.1, 0.15) is 12.5 Å². The summed E-state index contributed by atoms with van der Waals surface area (Å²) in [6.07, 6.45) is 9.76. The number of anilines is 2. The second-order valence-electron chi connectivity index (χ2n) is 8.90. The van der Waals surface area contributed by atoms with Crippen molar-refractivity contribution in [1.29, 1.82) is 0 Å². The van der Waals surface area contributed by atoms with Crippen molar-refractivity contribution in [1.82, 2.24) is 34.2 Å². The van der Waals surface area contributed by atoms with Crippen LogP contribution in [0.25, 0.3) is 16.6 Å². The maximum atomic E-state index is 4.75. The molecule has 0 saturated carbocycles. The van der Waals surface area contributed by atoms with Crippen LogP contribution in [0, 0.1) is 0 Å². The van der Waals surface area contributed by atoms with Gasteiger partial charge in [-0.2, -0.15) is 10.2 Å². The highest BCUT2D eigenvalue weighted by Gasteiger charge is 2.28. The van der Waals surface area contributed by atoms with Gasteiger partial charge in [0.25, 0.3) is 0 Å². The molecule has 0 bridgehead atoms. The second-order valence-corrected chi connectivity index (χ2v) is 8.90. The summed E-state index contributed by atoms with van der Waals surface area (Å²) in [6.45, 7) is 5.60. The summed E-state index contributed by atoms with van der Waals surface area (Å²) in [5.74, 6) is 0.795. The van der Waals surface area contributed by atoms with Crippen molar-refractivity contribution in [2.75, 3.05) is 29.4 Å². The number of nitrogens with zero attached hydrogens (tertiary/aromatic N) is 9. The average molecular weight is 454 g/mol. The number of hydrogen-bond acceptors (Lipinski definition) is 6. The molecule has 34 heavy (non-hydrogen) atoms. The number of fused-ring (bicyclic) bond motifs is 1. The van der Waals surface area contributed by atoms with Gasteiger partial charge in [0.2, 0.25) is 5.95 Å². The zero-order valence-corrected chi connectivity index (χ0v) is 19.4. The van der Waals surface area contributed by atoms with Crippen molar-refractivity contribution < 1.29 is 0 Å². The van der Waals surface area contributed by atoms with E-state index in [9.17, 15) is 0 Å². The summed E-state index contributed by atoms with van der Waals surface area (Å²) < 4.78 is 5.69. The molecule has 1 unspecified atom stereocenters. The van der Waals surface area contributed by atoms with Crippen molar-refractivity contribution in [3.05, 3.63) is 79.1 Å². The summed E-state index contributed by atoms with van der Waals surface area (Å²) in [5, 5.41) is 13.7. The lowest BCUT2D eigenvalue weighted by Crippen LogP contribution is -2.52. The topological polar surface area (TPSA) is 72.3 Å². The molecule has 1 aliphatic heterocycles. The third kappa shape index (κ3) is 3.79.